The molecule has 0 saturated heterocycles. The third-order valence-electron chi connectivity index (χ3n) is 2.98. The summed E-state index contributed by atoms with van der Waals surface area (Å²) in [6, 6.07) is 0. The highest BCUT2D eigenvalue weighted by molar-refractivity contribution is 5.94. The highest BCUT2D eigenvalue weighted by Crippen LogP contribution is 2.12. The van der Waals surface area contributed by atoms with Crippen molar-refractivity contribution in [3.8, 4) is 5.75 Å². The number of aromatic hydroxyl groups is 1. The second kappa shape index (κ2) is 4.29. The van der Waals surface area contributed by atoms with Gasteiger partial charge in [-0.15, -0.1) is 0 Å². The Bertz CT molecular complexity index is 521. The number of aromatic nitrogens is 2. The lowest BCUT2D eigenvalue weighted by Crippen LogP contribution is -2.28. The summed E-state index contributed by atoms with van der Waals surface area (Å²) in [5.41, 5.74) is -0.638. The van der Waals surface area contributed by atoms with Crippen LogP contribution >= 0.6 is 0 Å². The summed E-state index contributed by atoms with van der Waals surface area (Å²) >= 11 is 0. The van der Waals surface area contributed by atoms with Crippen molar-refractivity contribution < 1.29 is 9.90 Å². The third kappa shape index (κ3) is 2.08. The van der Waals surface area contributed by atoms with Gasteiger partial charge in [-0.3, -0.25) is 14.2 Å². The van der Waals surface area contributed by atoms with Crippen molar-refractivity contribution in [2.24, 2.45) is 0 Å². The van der Waals surface area contributed by atoms with Crippen LogP contribution in [0.3, 0.4) is 0 Å². The normalized spacial score (nSPS) is 16.4. The Balaban J connectivity index is 2.58. The Labute approximate surface area is 98.5 Å². The van der Waals surface area contributed by atoms with E-state index in [-0.39, 0.29) is 11.5 Å². The first-order valence-electron chi connectivity index (χ1n) is 5.53. The van der Waals surface area contributed by atoms with E-state index in [0.29, 0.717) is 18.8 Å². The molecule has 1 N–H and O–H groups in total. The fraction of sp³-hybridized carbons (Fsp3) is 0.545. The molecule has 6 heteroatoms. The zero-order valence-corrected chi connectivity index (χ0v) is 9.93. The van der Waals surface area contributed by atoms with Crippen LogP contribution in [0, 0.1) is 0 Å². The Morgan fingerprint density at radius 1 is 1.35 bits per heavy atom. The lowest BCUT2D eigenvalue weighted by molar-refractivity contribution is 0.100. The number of carbonyl (C=O) groups excluding carboxylic acids is 1. The van der Waals surface area contributed by atoms with Gasteiger partial charge in [0.2, 0.25) is 5.75 Å². The highest BCUT2D eigenvalue weighted by atomic mass is 16.3. The van der Waals surface area contributed by atoms with Gasteiger partial charge in [-0.2, -0.15) is 0 Å². The fourth-order valence-corrected chi connectivity index (χ4v) is 1.93. The number of Topliss-reactive ketones (excluding diaryl/α,β-unsaturated/α-hetero) is 1. The third-order valence-corrected chi connectivity index (χ3v) is 2.98. The van der Waals surface area contributed by atoms with Crippen molar-refractivity contribution in [1.82, 2.24) is 14.5 Å². The van der Waals surface area contributed by atoms with Crippen LogP contribution in [-0.2, 0) is 13.0 Å². The van der Waals surface area contributed by atoms with Crippen molar-refractivity contribution in [1.29, 1.82) is 0 Å². The first kappa shape index (κ1) is 11.8. The van der Waals surface area contributed by atoms with Crippen LogP contribution in [0.5, 0.6) is 5.75 Å². The number of rotatable bonds is 1. The maximum absolute atomic E-state index is 11.9. The van der Waals surface area contributed by atoms with Gasteiger partial charge >= 0.3 is 0 Å². The maximum Gasteiger partial charge on any atom is 0.296 e. The molecule has 2 heterocycles. The van der Waals surface area contributed by atoms with Gasteiger partial charge in [0.15, 0.2) is 11.5 Å². The van der Waals surface area contributed by atoms with Gasteiger partial charge < -0.3 is 10.0 Å². The van der Waals surface area contributed by atoms with Crippen molar-refractivity contribution in [2.75, 3.05) is 20.1 Å². The highest BCUT2D eigenvalue weighted by Gasteiger charge is 2.20. The molecule has 92 valence electrons. The van der Waals surface area contributed by atoms with Gasteiger partial charge in [-0.05, 0) is 7.05 Å². The molecule has 6 nitrogen and oxygen atoms in total. The van der Waals surface area contributed by atoms with Gasteiger partial charge in [0, 0.05) is 33.0 Å². The Hall–Kier alpha value is -1.69. The second-order valence-corrected chi connectivity index (χ2v) is 4.29. The second-order valence-electron chi connectivity index (χ2n) is 4.29. The van der Waals surface area contributed by atoms with Gasteiger partial charge in [-0.1, -0.05) is 0 Å². The monoisotopic (exact) mass is 237 g/mol. The summed E-state index contributed by atoms with van der Waals surface area (Å²) in [6.07, 6.45) is 0.603. The molecule has 0 fully saturated rings. The Morgan fingerprint density at radius 2 is 2.06 bits per heavy atom. The van der Waals surface area contributed by atoms with Crippen LogP contribution < -0.4 is 5.56 Å². The van der Waals surface area contributed by atoms with E-state index in [0.717, 1.165) is 13.1 Å². The molecule has 0 saturated carbocycles. The van der Waals surface area contributed by atoms with E-state index in [9.17, 15) is 14.7 Å². The number of fused-ring (bicyclic) bond motifs is 1. The molecule has 0 unspecified atom stereocenters. The lowest BCUT2D eigenvalue weighted by Gasteiger charge is -2.11. The van der Waals surface area contributed by atoms with Crippen LogP contribution in [0.15, 0.2) is 4.79 Å². The van der Waals surface area contributed by atoms with Crippen LogP contribution in [-0.4, -0.2) is 45.5 Å². The topological polar surface area (TPSA) is 75.4 Å². The summed E-state index contributed by atoms with van der Waals surface area (Å²) in [6.45, 7) is 3.30. The minimum absolute atomic E-state index is 0.120. The average Bonchev–Trinajstić information content (AvgIpc) is 2.46. The Kier molecular flexibility index (Phi) is 2.97. The van der Waals surface area contributed by atoms with Gasteiger partial charge in [0.25, 0.3) is 5.56 Å². The lowest BCUT2D eigenvalue weighted by atomic mass is 10.2. The van der Waals surface area contributed by atoms with Crippen molar-refractivity contribution >= 4 is 5.78 Å². The van der Waals surface area contributed by atoms with Gasteiger partial charge in [0.05, 0.1) is 0 Å². The minimum Gasteiger partial charge on any atom is -0.501 e. The van der Waals surface area contributed by atoms with E-state index in [1.54, 1.807) is 0 Å². The first-order valence-corrected chi connectivity index (χ1v) is 5.53. The van der Waals surface area contributed by atoms with E-state index in [1.807, 2.05) is 7.05 Å². The van der Waals surface area contributed by atoms with E-state index < -0.39 is 11.3 Å². The van der Waals surface area contributed by atoms with Crippen molar-refractivity contribution in [3.05, 3.63) is 21.9 Å². The van der Waals surface area contributed by atoms with Crippen LogP contribution in [0.1, 0.15) is 23.2 Å². The van der Waals surface area contributed by atoms with E-state index in [2.05, 4.69) is 9.88 Å². The summed E-state index contributed by atoms with van der Waals surface area (Å²) < 4.78 is 1.45. The van der Waals surface area contributed by atoms with Crippen LogP contribution in [0.25, 0.3) is 0 Å². The van der Waals surface area contributed by atoms with Gasteiger partial charge in [0.1, 0.15) is 5.82 Å². The average molecular weight is 237 g/mol. The summed E-state index contributed by atoms with van der Waals surface area (Å²) in [5.74, 6) is -0.353. The summed E-state index contributed by atoms with van der Waals surface area (Å²) in [7, 11) is 1.96. The molecular weight excluding hydrogens is 222 g/mol. The molecule has 0 aliphatic carbocycles. The summed E-state index contributed by atoms with van der Waals surface area (Å²) in [5, 5.41) is 9.65. The molecular formula is C11H15N3O3. The molecule has 0 bridgehead atoms. The quantitative estimate of drug-likeness (QED) is 0.675. The van der Waals surface area contributed by atoms with Crippen molar-refractivity contribution in [3.63, 3.8) is 0 Å². The number of ketones is 1. The SMILES string of the molecule is CC(=O)c1nc2n(c(=O)c1O)CCN(C)CC2. The molecule has 0 atom stereocenters. The number of likely N-dealkylation sites (N-methyl/N-ethyl adjacent to an activating group) is 1. The first-order chi connectivity index (χ1) is 8.00. The number of carbonyl (C=O) groups is 1. The number of hydrogen-bond acceptors (Lipinski definition) is 5. The molecule has 1 aliphatic heterocycles. The minimum atomic E-state index is -0.536. The zero-order valence-electron chi connectivity index (χ0n) is 9.93. The van der Waals surface area contributed by atoms with E-state index in [1.165, 1.54) is 11.5 Å². The molecule has 0 spiro atoms. The molecule has 1 aromatic heterocycles. The van der Waals surface area contributed by atoms with Crippen molar-refractivity contribution in [2.45, 2.75) is 19.9 Å². The molecule has 0 radical (unpaired) electrons. The molecule has 1 aromatic rings. The summed E-state index contributed by atoms with van der Waals surface area (Å²) in [4.78, 5) is 29.4. The van der Waals surface area contributed by atoms with E-state index >= 15 is 0 Å². The van der Waals surface area contributed by atoms with Gasteiger partial charge in [-0.25, -0.2) is 4.98 Å². The standard InChI is InChI=1S/C11H15N3O3/c1-7(15)9-10(16)11(17)14-6-5-13(2)4-3-8(14)12-9/h16H,3-6H2,1-2H3. The Morgan fingerprint density at radius 3 is 2.71 bits per heavy atom. The van der Waals surface area contributed by atoms with Crippen LogP contribution in [0.4, 0.5) is 0 Å². The maximum atomic E-state index is 11.9. The smallest absolute Gasteiger partial charge is 0.296 e. The molecule has 1 aliphatic rings. The molecule has 0 aromatic carbocycles. The number of hydrogen-bond donors (Lipinski definition) is 1. The largest absolute Gasteiger partial charge is 0.501 e. The zero-order chi connectivity index (χ0) is 12.6. The molecule has 17 heavy (non-hydrogen) atoms. The molecule has 0 amide bonds. The predicted octanol–water partition coefficient (Wildman–Crippen LogP) is -0.361. The number of nitrogens with zero attached hydrogens (tertiary/aromatic N) is 3. The fourth-order valence-electron chi connectivity index (χ4n) is 1.93. The van der Waals surface area contributed by atoms with E-state index in [4.69, 9.17) is 0 Å². The predicted molar refractivity (Wildman–Crippen MR) is 61.4 cm³/mol. The van der Waals surface area contributed by atoms with Crippen LogP contribution in [0.2, 0.25) is 0 Å². The molecule has 2 rings (SSSR count).